The van der Waals surface area contributed by atoms with E-state index < -0.39 is 12.7 Å². The third-order valence-corrected chi connectivity index (χ3v) is 4.60. The molecular weight excluding hydrogens is 379 g/mol. The largest absolute Gasteiger partial charge is 0.443 e. The lowest BCUT2D eigenvalue weighted by Crippen LogP contribution is -2.32. The second kappa shape index (κ2) is 7.60. The van der Waals surface area contributed by atoms with Crippen molar-refractivity contribution in [1.82, 2.24) is 4.98 Å². The van der Waals surface area contributed by atoms with Crippen molar-refractivity contribution in [2.24, 2.45) is 5.73 Å². The second-order valence-electron chi connectivity index (χ2n) is 6.62. The van der Waals surface area contributed by atoms with E-state index in [9.17, 15) is 13.2 Å². The Hall–Kier alpha value is -3.32. The van der Waals surface area contributed by atoms with Gasteiger partial charge in [-0.2, -0.15) is 13.2 Å². The number of pyridine rings is 1. The highest BCUT2D eigenvalue weighted by Crippen LogP contribution is 2.41. The molecule has 0 saturated carbocycles. The molecule has 0 amide bonds. The van der Waals surface area contributed by atoms with Crippen molar-refractivity contribution in [1.29, 1.82) is 0 Å². The average Bonchev–Trinajstić information content (AvgIpc) is 2.73. The van der Waals surface area contributed by atoms with Crippen LogP contribution in [0, 0.1) is 0 Å². The number of hydrogen-bond acceptors (Lipinski definition) is 4. The second-order valence-corrected chi connectivity index (χ2v) is 6.62. The Kier molecular flexibility index (Phi) is 4.98. The Morgan fingerprint density at radius 3 is 2.34 bits per heavy atom. The lowest BCUT2D eigenvalue weighted by atomic mass is 9.98. The number of fused-ring (bicyclic) bond motifs is 1. The summed E-state index contributed by atoms with van der Waals surface area (Å²) in [4.78, 5) is 5.68. The molecule has 4 nitrogen and oxygen atoms in total. The fraction of sp³-hybridized carbons (Fsp3) is 0.136. The molecule has 2 N–H and O–H groups in total. The van der Waals surface area contributed by atoms with Gasteiger partial charge in [-0.15, -0.1) is 0 Å². The molecule has 1 aromatic heterocycles. The van der Waals surface area contributed by atoms with Gasteiger partial charge in [0, 0.05) is 23.9 Å². The number of ether oxygens (including phenoxy) is 1. The normalized spacial score (nSPS) is 13.2. The molecule has 0 fully saturated rings. The van der Waals surface area contributed by atoms with Gasteiger partial charge in [-0.05, 0) is 17.2 Å². The van der Waals surface area contributed by atoms with Crippen LogP contribution in [0.3, 0.4) is 0 Å². The van der Waals surface area contributed by atoms with Crippen LogP contribution in [0.4, 0.5) is 18.9 Å². The zero-order valence-corrected chi connectivity index (χ0v) is 15.4. The number of nitrogens with two attached hydrogens (primary N) is 1. The summed E-state index contributed by atoms with van der Waals surface area (Å²) in [7, 11) is 0. The first-order valence-corrected chi connectivity index (χ1v) is 9.01. The summed E-state index contributed by atoms with van der Waals surface area (Å²) in [5.41, 5.74) is 9.94. The number of anilines is 1. The summed E-state index contributed by atoms with van der Waals surface area (Å²) in [5.74, 6) is 0.134. The minimum Gasteiger partial charge on any atom is -0.443 e. The molecule has 0 atom stereocenters. The van der Waals surface area contributed by atoms with Crippen LogP contribution in [0.25, 0.3) is 22.4 Å². The number of alkyl halides is 3. The van der Waals surface area contributed by atoms with E-state index >= 15 is 0 Å². The molecule has 3 aromatic rings. The summed E-state index contributed by atoms with van der Waals surface area (Å²) < 4.78 is 44.5. The number of aromatic nitrogens is 1. The van der Waals surface area contributed by atoms with E-state index in [4.69, 9.17) is 10.5 Å². The van der Waals surface area contributed by atoms with E-state index in [0.29, 0.717) is 12.2 Å². The summed E-state index contributed by atoms with van der Waals surface area (Å²) >= 11 is 0. The highest BCUT2D eigenvalue weighted by Gasteiger charge is 2.33. The Morgan fingerprint density at radius 2 is 1.69 bits per heavy atom. The monoisotopic (exact) mass is 397 g/mol. The smallest absolute Gasteiger partial charge is 0.406 e. The molecule has 2 aromatic carbocycles. The number of benzene rings is 2. The number of rotatable bonds is 4. The van der Waals surface area contributed by atoms with Crippen molar-refractivity contribution < 1.29 is 17.9 Å². The van der Waals surface area contributed by atoms with Gasteiger partial charge < -0.3 is 15.4 Å². The molecule has 4 rings (SSSR count). The lowest BCUT2D eigenvalue weighted by molar-refractivity contribution is -0.118. The summed E-state index contributed by atoms with van der Waals surface area (Å²) in [5, 5.41) is 0. The highest BCUT2D eigenvalue weighted by molar-refractivity contribution is 5.85. The first-order chi connectivity index (χ1) is 13.9. The average molecular weight is 397 g/mol. The molecule has 2 heterocycles. The summed E-state index contributed by atoms with van der Waals surface area (Å²) in [6.45, 7) is -0.704. The predicted molar refractivity (Wildman–Crippen MR) is 106 cm³/mol. The minimum atomic E-state index is -4.36. The Morgan fingerprint density at radius 1 is 0.966 bits per heavy atom. The van der Waals surface area contributed by atoms with Crippen LogP contribution in [0.2, 0.25) is 0 Å². The molecule has 7 heteroatoms. The maximum absolute atomic E-state index is 13.0. The first-order valence-electron chi connectivity index (χ1n) is 9.01. The Labute approximate surface area is 166 Å². The zero-order chi connectivity index (χ0) is 20.4. The summed E-state index contributed by atoms with van der Waals surface area (Å²) in [6, 6.07) is 18.7. The van der Waals surface area contributed by atoms with Crippen molar-refractivity contribution in [2.75, 3.05) is 11.4 Å². The van der Waals surface area contributed by atoms with Crippen LogP contribution in [0.5, 0.6) is 5.88 Å². The molecule has 0 aliphatic carbocycles. The van der Waals surface area contributed by atoms with E-state index in [0.717, 1.165) is 27.2 Å². The Balaban J connectivity index is 1.87. The van der Waals surface area contributed by atoms with Crippen LogP contribution < -0.4 is 15.4 Å². The quantitative estimate of drug-likeness (QED) is 0.665. The van der Waals surface area contributed by atoms with Crippen molar-refractivity contribution >= 4 is 5.69 Å². The number of hydrogen-bond donors (Lipinski definition) is 1. The third-order valence-electron chi connectivity index (χ3n) is 4.60. The molecule has 0 spiro atoms. The van der Waals surface area contributed by atoms with Crippen molar-refractivity contribution in [3.63, 3.8) is 0 Å². The van der Waals surface area contributed by atoms with E-state index in [1.807, 2.05) is 54.6 Å². The van der Waals surface area contributed by atoms with Gasteiger partial charge in [0.1, 0.15) is 18.5 Å². The maximum atomic E-state index is 13.0. The predicted octanol–water partition coefficient (Wildman–Crippen LogP) is 5.11. The number of halogens is 3. The van der Waals surface area contributed by atoms with Gasteiger partial charge in [0.05, 0.1) is 5.69 Å². The van der Waals surface area contributed by atoms with Gasteiger partial charge in [-0.3, -0.25) is 0 Å². The van der Waals surface area contributed by atoms with Crippen LogP contribution in [-0.2, 0) is 6.54 Å². The highest BCUT2D eigenvalue weighted by atomic mass is 19.4. The fourth-order valence-electron chi connectivity index (χ4n) is 3.21. The van der Waals surface area contributed by atoms with E-state index in [-0.39, 0.29) is 11.6 Å². The van der Waals surface area contributed by atoms with Gasteiger partial charge >= 0.3 is 6.18 Å². The zero-order valence-electron chi connectivity index (χ0n) is 15.4. The van der Waals surface area contributed by atoms with Gasteiger partial charge in [-0.25, -0.2) is 4.98 Å². The molecule has 0 unspecified atom stereocenters. The Bertz CT molecular complexity index is 1030. The van der Waals surface area contributed by atoms with Crippen molar-refractivity contribution in [3.8, 4) is 28.3 Å². The standard InChI is InChI=1S/C22H18F3N3O/c23-22(24,25)14-28-10-11-29-21-19(28)12-18(16-4-2-1-3-5-16)20(27-21)17-8-6-15(13-26)7-9-17/h1-12H,13-14,26H2. The van der Waals surface area contributed by atoms with Gasteiger partial charge in [0.15, 0.2) is 0 Å². The molecule has 1 aliphatic rings. The molecule has 1 aliphatic heterocycles. The maximum Gasteiger partial charge on any atom is 0.406 e. The van der Waals surface area contributed by atoms with Crippen LogP contribution in [-0.4, -0.2) is 17.7 Å². The molecule has 29 heavy (non-hydrogen) atoms. The summed E-state index contributed by atoms with van der Waals surface area (Å²) in [6.07, 6.45) is -1.88. The third kappa shape index (κ3) is 4.09. The van der Waals surface area contributed by atoms with Crippen molar-refractivity contribution in [2.45, 2.75) is 12.7 Å². The van der Waals surface area contributed by atoms with Crippen LogP contribution in [0.1, 0.15) is 5.56 Å². The van der Waals surface area contributed by atoms with Gasteiger partial charge in [-0.1, -0.05) is 54.6 Å². The van der Waals surface area contributed by atoms with E-state index in [2.05, 4.69) is 4.98 Å². The minimum absolute atomic E-state index is 0.134. The molecule has 0 radical (unpaired) electrons. The topological polar surface area (TPSA) is 51.4 Å². The van der Waals surface area contributed by atoms with Crippen molar-refractivity contribution in [3.05, 3.63) is 78.7 Å². The van der Waals surface area contributed by atoms with Gasteiger partial charge in [0.25, 0.3) is 0 Å². The molecule has 148 valence electrons. The molecule has 0 saturated heterocycles. The van der Waals surface area contributed by atoms with E-state index in [1.165, 1.54) is 12.5 Å². The SMILES string of the molecule is NCc1ccc(-c2nc3c(cc2-c2ccccc2)N(CC(F)(F)F)C=CO3)cc1. The lowest BCUT2D eigenvalue weighted by Gasteiger charge is -2.27. The van der Waals surface area contributed by atoms with E-state index in [1.54, 1.807) is 6.07 Å². The van der Waals surface area contributed by atoms with Crippen LogP contribution >= 0.6 is 0 Å². The molecule has 0 bridgehead atoms. The van der Waals surface area contributed by atoms with Gasteiger partial charge in [0.2, 0.25) is 5.88 Å². The number of nitrogens with zero attached hydrogens (tertiary/aromatic N) is 2. The van der Waals surface area contributed by atoms with Crippen LogP contribution in [0.15, 0.2) is 73.1 Å². The molecular formula is C22H18F3N3O. The fourth-order valence-corrected chi connectivity index (χ4v) is 3.21. The first kappa shape index (κ1) is 19.0.